The second-order valence-corrected chi connectivity index (χ2v) is 7.56. The molecule has 1 aliphatic rings. The normalized spacial score (nSPS) is 20.4. The van der Waals surface area contributed by atoms with Gasteiger partial charge in [0.25, 0.3) is 0 Å². The van der Waals surface area contributed by atoms with E-state index in [4.69, 9.17) is 4.74 Å². The fraction of sp³-hybridized carbons (Fsp3) is 0.409. The molecule has 2 aromatic rings. The first-order valence-corrected chi connectivity index (χ1v) is 9.49. The highest BCUT2D eigenvalue weighted by atomic mass is 19.4. The van der Waals surface area contributed by atoms with Crippen molar-refractivity contribution in [1.82, 2.24) is 4.90 Å². The van der Waals surface area contributed by atoms with Crippen molar-refractivity contribution >= 4 is 5.97 Å². The van der Waals surface area contributed by atoms with Gasteiger partial charge in [-0.25, -0.2) is 0 Å². The molecule has 0 aliphatic carbocycles. The Morgan fingerprint density at radius 3 is 2.52 bits per heavy atom. The molecule has 1 fully saturated rings. The lowest BCUT2D eigenvalue weighted by atomic mass is 9.83. The van der Waals surface area contributed by atoms with Gasteiger partial charge in [0.2, 0.25) is 0 Å². The number of ether oxygens (including phenoxy) is 1. The number of benzene rings is 2. The van der Waals surface area contributed by atoms with Gasteiger partial charge in [0, 0.05) is 26.1 Å². The standard InChI is InChI=1S/C22H24F3NO3/c1-29-20-4-2-3-17(11-20)18-9-16(10-21(27)28)13-26(14-18)12-15-5-7-19(8-6-15)22(23,24)25/h2-8,11,16,18H,9-10,12-14H2,1H3,(H,27,28)/t16-,18+/m1/s1. The third kappa shape index (κ3) is 5.73. The molecule has 2 aromatic carbocycles. The fourth-order valence-corrected chi connectivity index (χ4v) is 4.02. The van der Waals surface area contributed by atoms with Crippen LogP contribution in [0.2, 0.25) is 0 Å². The Kier molecular flexibility index (Phi) is 6.47. The number of halogens is 3. The molecule has 0 bridgehead atoms. The summed E-state index contributed by atoms with van der Waals surface area (Å²) in [5.74, 6) is 0.0254. The van der Waals surface area contributed by atoms with Crippen LogP contribution >= 0.6 is 0 Å². The number of aliphatic carboxylic acids is 1. The molecule has 156 valence electrons. The molecule has 3 rings (SSSR count). The topological polar surface area (TPSA) is 49.8 Å². The first kappa shape index (κ1) is 21.2. The molecule has 4 nitrogen and oxygen atoms in total. The van der Waals surface area contributed by atoms with Crippen LogP contribution in [0.4, 0.5) is 13.2 Å². The van der Waals surface area contributed by atoms with Gasteiger partial charge >= 0.3 is 12.1 Å². The van der Waals surface area contributed by atoms with Crippen LogP contribution in [0.5, 0.6) is 5.75 Å². The van der Waals surface area contributed by atoms with Crippen LogP contribution in [0.25, 0.3) is 0 Å². The third-order valence-corrected chi connectivity index (χ3v) is 5.33. The molecule has 0 unspecified atom stereocenters. The molecule has 1 N–H and O–H groups in total. The Morgan fingerprint density at radius 1 is 1.17 bits per heavy atom. The molecule has 29 heavy (non-hydrogen) atoms. The number of carboxylic acid groups (broad SMARTS) is 1. The number of hydrogen-bond acceptors (Lipinski definition) is 3. The van der Waals surface area contributed by atoms with Crippen LogP contribution in [0.15, 0.2) is 48.5 Å². The fourth-order valence-electron chi connectivity index (χ4n) is 4.02. The van der Waals surface area contributed by atoms with Gasteiger partial charge in [0.15, 0.2) is 0 Å². The quantitative estimate of drug-likeness (QED) is 0.748. The number of carbonyl (C=O) groups is 1. The molecule has 0 saturated carbocycles. The highest BCUT2D eigenvalue weighted by Gasteiger charge is 2.31. The number of likely N-dealkylation sites (tertiary alicyclic amines) is 1. The van der Waals surface area contributed by atoms with Crippen molar-refractivity contribution in [3.63, 3.8) is 0 Å². The van der Waals surface area contributed by atoms with E-state index in [0.29, 0.717) is 19.6 Å². The predicted octanol–water partition coefficient (Wildman–Crippen LogP) is 4.79. The average molecular weight is 407 g/mol. The first-order valence-electron chi connectivity index (χ1n) is 9.49. The maximum absolute atomic E-state index is 12.8. The molecule has 0 spiro atoms. The highest BCUT2D eigenvalue weighted by molar-refractivity contribution is 5.67. The lowest BCUT2D eigenvalue weighted by Gasteiger charge is -2.38. The number of hydrogen-bond donors (Lipinski definition) is 1. The van der Waals surface area contributed by atoms with Crippen molar-refractivity contribution in [3.8, 4) is 5.75 Å². The zero-order chi connectivity index (χ0) is 21.0. The number of piperidine rings is 1. The summed E-state index contributed by atoms with van der Waals surface area (Å²) in [6, 6.07) is 12.9. The molecule has 0 radical (unpaired) electrons. The van der Waals surface area contributed by atoms with E-state index >= 15 is 0 Å². The summed E-state index contributed by atoms with van der Waals surface area (Å²) in [4.78, 5) is 13.4. The van der Waals surface area contributed by atoms with Gasteiger partial charge in [-0.3, -0.25) is 9.69 Å². The highest BCUT2D eigenvalue weighted by Crippen LogP contribution is 2.34. The number of nitrogens with zero attached hydrogens (tertiary/aromatic N) is 1. The second kappa shape index (κ2) is 8.86. The second-order valence-electron chi connectivity index (χ2n) is 7.56. The van der Waals surface area contributed by atoms with Crippen LogP contribution in [0, 0.1) is 5.92 Å². The average Bonchev–Trinajstić information content (AvgIpc) is 2.67. The summed E-state index contributed by atoms with van der Waals surface area (Å²) < 4.78 is 43.6. The molecule has 1 aliphatic heterocycles. The minimum Gasteiger partial charge on any atom is -0.497 e. The van der Waals surface area contributed by atoms with Gasteiger partial charge in [-0.15, -0.1) is 0 Å². The molecular weight excluding hydrogens is 383 g/mol. The van der Waals surface area contributed by atoms with Gasteiger partial charge in [0.05, 0.1) is 12.7 Å². The van der Waals surface area contributed by atoms with E-state index in [1.165, 1.54) is 12.1 Å². The monoisotopic (exact) mass is 407 g/mol. The van der Waals surface area contributed by atoms with Gasteiger partial charge in [-0.1, -0.05) is 24.3 Å². The van der Waals surface area contributed by atoms with E-state index in [2.05, 4.69) is 4.90 Å². The Hall–Kier alpha value is -2.54. The number of methoxy groups -OCH3 is 1. The molecular formula is C22H24F3NO3. The van der Waals surface area contributed by atoms with Crippen molar-refractivity contribution in [2.45, 2.75) is 31.5 Å². The predicted molar refractivity (Wildman–Crippen MR) is 103 cm³/mol. The lowest BCUT2D eigenvalue weighted by Crippen LogP contribution is -2.39. The Morgan fingerprint density at radius 2 is 1.90 bits per heavy atom. The summed E-state index contributed by atoms with van der Waals surface area (Å²) in [5.41, 5.74) is 1.19. The third-order valence-electron chi connectivity index (χ3n) is 5.33. The minimum atomic E-state index is -4.35. The molecule has 2 atom stereocenters. The van der Waals surface area contributed by atoms with Crippen molar-refractivity contribution in [3.05, 3.63) is 65.2 Å². The number of alkyl halides is 3. The van der Waals surface area contributed by atoms with E-state index < -0.39 is 17.7 Å². The number of carboxylic acids is 1. The summed E-state index contributed by atoms with van der Waals surface area (Å²) in [5, 5.41) is 9.24. The van der Waals surface area contributed by atoms with Gasteiger partial charge in [-0.2, -0.15) is 13.2 Å². The molecule has 0 aromatic heterocycles. The molecule has 1 heterocycles. The van der Waals surface area contributed by atoms with Crippen molar-refractivity contribution in [2.75, 3.05) is 20.2 Å². The summed E-state index contributed by atoms with van der Waals surface area (Å²) >= 11 is 0. The lowest BCUT2D eigenvalue weighted by molar-refractivity contribution is -0.139. The van der Waals surface area contributed by atoms with Crippen molar-refractivity contribution < 1.29 is 27.8 Å². The van der Waals surface area contributed by atoms with E-state index in [1.807, 2.05) is 24.3 Å². The molecule has 1 saturated heterocycles. The first-order chi connectivity index (χ1) is 13.7. The van der Waals surface area contributed by atoms with Crippen molar-refractivity contribution in [2.24, 2.45) is 5.92 Å². The molecule has 7 heteroatoms. The minimum absolute atomic E-state index is 0.0214. The SMILES string of the molecule is COc1cccc([C@H]2C[C@H](CC(=O)O)CN(Cc3ccc(C(F)(F)F)cc3)C2)c1. The zero-order valence-electron chi connectivity index (χ0n) is 16.2. The molecule has 0 amide bonds. The number of rotatable bonds is 6. The Labute approximate surface area is 167 Å². The Bertz CT molecular complexity index is 836. The maximum atomic E-state index is 12.8. The zero-order valence-corrected chi connectivity index (χ0v) is 16.2. The maximum Gasteiger partial charge on any atom is 0.416 e. The van der Waals surface area contributed by atoms with Gasteiger partial charge in [0.1, 0.15) is 5.75 Å². The van der Waals surface area contributed by atoms with Gasteiger partial charge < -0.3 is 9.84 Å². The van der Waals surface area contributed by atoms with Crippen molar-refractivity contribution in [1.29, 1.82) is 0 Å². The van der Waals surface area contributed by atoms with Crippen LogP contribution < -0.4 is 4.74 Å². The van der Waals surface area contributed by atoms with E-state index in [0.717, 1.165) is 35.4 Å². The van der Waals surface area contributed by atoms with Gasteiger partial charge in [-0.05, 0) is 53.6 Å². The van der Waals surface area contributed by atoms with Crippen LogP contribution in [0.1, 0.15) is 35.4 Å². The van der Waals surface area contributed by atoms with E-state index in [9.17, 15) is 23.1 Å². The largest absolute Gasteiger partial charge is 0.497 e. The summed E-state index contributed by atoms with van der Waals surface area (Å²) in [6.45, 7) is 1.80. The summed E-state index contributed by atoms with van der Waals surface area (Å²) in [6.07, 6.45) is -3.53. The van der Waals surface area contributed by atoms with Crippen LogP contribution in [-0.2, 0) is 17.5 Å². The summed E-state index contributed by atoms with van der Waals surface area (Å²) in [7, 11) is 1.60. The van der Waals surface area contributed by atoms with Crippen LogP contribution in [0.3, 0.4) is 0 Å². The smallest absolute Gasteiger partial charge is 0.416 e. The van der Waals surface area contributed by atoms with E-state index in [-0.39, 0.29) is 18.3 Å². The van der Waals surface area contributed by atoms with E-state index in [1.54, 1.807) is 7.11 Å². The van der Waals surface area contributed by atoms with Crippen LogP contribution in [-0.4, -0.2) is 36.2 Å². The Balaban J connectivity index is 1.76.